The van der Waals surface area contributed by atoms with Crippen LogP contribution in [0.5, 0.6) is 0 Å². The highest BCUT2D eigenvalue weighted by atomic mass is 79.9. The minimum atomic E-state index is -4.67. The lowest BCUT2D eigenvalue weighted by molar-refractivity contribution is -0.117. The maximum absolute atomic E-state index is 12.9. The van der Waals surface area contributed by atoms with Gasteiger partial charge in [-0.1, -0.05) is 15.9 Å². The van der Waals surface area contributed by atoms with Gasteiger partial charge in [0.15, 0.2) is 0 Å². The summed E-state index contributed by atoms with van der Waals surface area (Å²) in [7, 11) is -4.67. The Morgan fingerprint density at radius 3 is 2.61 bits per heavy atom. The zero-order valence-electron chi connectivity index (χ0n) is 9.56. The minimum Gasteiger partial charge on any atom is -0.311 e. The van der Waals surface area contributed by atoms with Crippen LogP contribution in [0.2, 0.25) is 0 Å². The summed E-state index contributed by atoms with van der Waals surface area (Å²) < 4.78 is 35.4. The maximum Gasteiger partial charge on any atom is 0.307 e. The van der Waals surface area contributed by atoms with Crippen molar-refractivity contribution in [3.8, 4) is 0 Å². The van der Waals surface area contributed by atoms with E-state index in [0.29, 0.717) is 5.69 Å². The van der Waals surface area contributed by atoms with Gasteiger partial charge in [-0.15, -0.1) is 3.89 Å². The lowest BCUT2D eigenvalue weighted by Gasteiger charge is -2.17. The maximum atomic E-state index is 12.9. The molecule has 0 radical (unpaired) electrons. The van der Waals surface area contributed by atoms with Gasteiger partial charge in [0.2, 0.25) is 5.91 Å². The van der Waals surface area contributed by atoms with Crippen LogP contribution in [0.3, 0.4) is 0 Å². The van der Waals surface area contributed by atoms with Crippen LogP contribution < -0.4 is 4.90 Å². The third-order valence-corrected chi connectivity index (χ3v) is 4.94. The highest BCUT2D eigenvalue weighted by molar-refractivity contribution is 9.10. The molecular weight excluding hydrogens is 325 g/mol. The van der Waals surface area contributed by atoms with Crippen molar-refractivity contribution in [2.45, 2.75) is 18.6 Å². The van der Waals surface area contributed by atoms with Crippen molar-refractivity contribution in [2.75, 3.05) is 11.4 Å². The van der Waals surface area contributed by atoms with Crippen molar-refractivity contribution >= 4 is 37.7 Å². The van der Waals surface area contributed by atoms with Crippen LogP contribution in [0.25, 0.3) is 0 Å². The van der Waals surface area contributed by atoms with Crippen LogP contribution in [0.4, 0.5) is 9.57 Å². The third-order valence-electron chi connectivity index (χ3n) is 2.94. The van der Waals surface area contributed by atoms with Gasteiger partial charge >= 0.3 is 10.2 Å². The largest absolute Gasteiger partial charge is 0.311 e. The molecule has 0 saturated carbocycles. The molecule has 98 valence electrons. The van der Waals surface area contributed by atoms with Gasteiger partial charge in [0, 0.05) is 23.1 Å². The fraction of sp³-hybridized carbons (Fsp3) is 0.364. The minimum absolute atomic E-state index is 0.126. The Labute approximate surface area is 113 Å². The highest BCUT2D eigenvalue weighted by Crippen LogP contribution is 2.28. The predicted octanol–water partition coefficient (Wildman–Crippen LogP) is 2.16. The van der Waals surface area contributed by atoms with Crippen LogP contribution >= 0.6 is 15.9 Å². The molecule has 18 heavy (non-hydrogen) atoms. The molecule has 0 bridgehead atoms. The molecule has 4 nitrogen and oxygen atoms in total. The van der Waals surface area contributed by atoms with E-state index < -0.39 is 15.5 Å². The Balaban J connectivity index is 2.30. The molecule has 1 aliphatic rings. The highest BCUT2D eigenvalue weighted by Gasteiger charge is 2.39. The van der Waals surface area contributed by atoms with E-state index in [2.05, 4.69) is 15.9 Å². The quantitative estimate of drug-likeness (QED) is 0.778. The van der Waals surface area contributed by atoms with Gasteiger partial charge in [0.05, 0.1) is 0 Å². The van der Waals surface area contributed by atoms with Gasteiger partial charge in [-0.05, 0) is 30.7 Å². The first-order valence-electron chi connectivity index (χ1n) is 5.29. The van der Waals surface area contributed by atoms with E-state index in [-0.39, 0.29) is 18.9 Å². The number of carbonyl (C=O) groups is 1. The number of nitrogens with zero attached hydrogens (tertiary/aromatic N) is 1. The molecule has 0 spiro atoms. The molecule has 1 atom stereocenters. The molecule has 1 heterocycles. The summed E-state index contributed by atoms with van der Waals surface area (Å²) in [6.07, 6.45) is -0.298. The normalized spacial score (nSPS) is 20.5. The predicted molar refractivity (Wildman–Crippen MR) is 69.7 cm³/mol. The lowest BCUT2D eigenvalue weighted by Crippen LogP contribution is -2.26. The molecular formula is C11H11BrFNO3S. The van der Waals surface area contributed by atoms with Gasteiger partial charge in [0.1, 0.15) is 5.25 Å². The van der Waals surface area contributed by atoms with Crippen molar-refractivity contribution in [3.05, 3.63) is 28.2 Å². The van der Waals surface area contributed by atoms with E-state index in [1.54, 1.807) is 18.2 Å². The van der Waals surface area contributed by atoms with Gasteiger partial charge in [-0.3, -0.25) is 4.79 Å². The second-order valence-corrected chi connectivity index (χ2v) is 6.71. The van der Waals surface area contributed by atoms with Crippen molar-refractivity contribution in [2.24, 2.45) is 0 Å². The zero-order chi connectivity index (χ0) is 13.5. The Kier molecular flexibility index (Phi) is 3.46. The van der Waals surface area contributed by atoms with Crippen LogP contribution in [-0.4, -0.2) is 26.1 Å². The van der Waals surface area contributed by atoms with E-state index in [1.165, 1.54) is 4.90 Å². The summed E-state index contributed by atoms with van der Waals surface area (Å²) in [5.41, 5.74) is 1.51. The molecule has 0 N–H and O–H groups in total. The second kappa shape index (κ2) is 4.62. The van der Waals surface area contributed by atoms with Gasteiger partial charge in [-0.2, -0.15) is 8.42 Å². The number of benzene rings is 1. The molecule has 1 aromatic carbocycles. The van der Waals surface area contributed by atoms with E-state index in [4.69, 9.17) is 0 Å². The van der Waals surface area contributed by atoms with Crippen LogP contribution in [0, 0.1) is 6.92 Å². The average molecular weight is 336 g/mol. The molecule has 1 fully saturated rings. The number of rotatable bonds is 2. The molecule has 7 heteroatoms. The molecule has 1 amide bonds. The molecule has 2 rings (SSSR count). The summed E-state index contributed by atoms with van der Waals surface area (Å²) in [6, 6.07) is 5.23. The summed E-state index contributed by atoms with van der Waals surface area (Å²) in [4.78, 5) is 13.0. The van der Waals surface area contributed by atoms with Crippen molar-refractivity contribution in [1.82, 2.24) is 0 Å². The number of halogens is 2. The summed E-state index contributed by atoms with van der Waals surface area (Å²) in [6.45, 7) is 1.73. The Hall–Kier alpha value is -0.950. The van der Waals surface area contributed by atoms with Gasteiger partial charge < -0.3 is 4.90 Å². The first kappa shape index (κ1) is 13.5. The number of carbonyl (C=O) groups excluding carboxylic acids is 1. The number of anilines is 1. The average Bonchev–Trinajstić information content (AvgIpc) is 2.64. The van der Waals surface area contributed by atoms with E-state index in [0.717, 1.165) is 10.0 Å². The smallest absolute Gasteiger partial charge is 0.307 e. The molecule has 1 saturated heterocycles. The summed E-state index contributed by atoms with van der Waals surface area (Å²) in [5.74, 6) is -0.372. The van der Waals surface area contributed by atoms with Gasteiger partial charge in [0.25, 0.3) is 0 Å². The lowest BCUT2D eigenvalue weighted by atomic mass is 10.2. The topological polar surface area (TPSA) is 54.5 Å². The van der Waals surface area contributed by atoms with E-state index >= 15 is 0 Å². The molecule has 1 aliphatic heterocycles. The number of hydrogen-bond donors (Lipinski definition) is 0. The second-order valence-electron chi connectivity index (χ2n) is 4.24. The van der Waals surface area contributed by atoms with Crippen LogP contribution in [0.15, 0.2) is 22.7 Å². The molecule has 1 unspecified atom stereocenters. The first-order chi connectivity index (χ1) is 8.29. The molecule has 1 aromatic rings. The molecule has 0 aliphatic carbocycles. The van der Waals surface area contributed by atoms with Crippen molar-refractivity contribution in [1.29, 1.82) is 0 Å². The monoisotopic (exact) mass is 335 g/mol. The fourth-order valence-electron chi connectivity index (χ4n) is 1.91. The Morgan fingerprint density at radius 2 is 2.11 bits per heavy atom. The van der Waals surface area contributed by atoms with Crippen molar-refractivity contribution < 1.29 is 17.1 Å². The van der Waals surface area contributed by atoms with Crippen LogP contribution in [0.1, 0.15) is 12.0 Å². The Morgan fingerprint density at radius 1 is 1.44 bits per heavy atom. The zero-order valence-corrected chi connectivity index (χ0v) is 12.0. The molecule has 0 aromatic heterocycles. The van der Waals surface area contributed by atoms with E-state index in [9.17, 15) is 17.1 Å². The third kappa shape index (κ3) is 2.56. The fourth-order valence-corrected chi connectivity index (χ4v) is 2.83. The number of hydrogen-bond acceptors (Lipinski definition) is 3. The standard InChI is InChI=1S/C11H11BrFNO3S/c1-7-4-8(2-3-10(7)12)14-6-9(5-11(14)15)18(13,16)17/h2-4,9H,5-6H2,1H3. The van der Waals surface area contributed by atoms with Crippen LogP contribution in [-0.2, 0) is 15.0 Å². The van der Waals surface area contributed by atoms with Gasteiger partial charge in [-0.25, -0.2) is 0 Å². The van der Waals surface area contributed by atoms with E-state index in [1.807, 2.05) is 6.92 Å². The number of aryl methyl sites for hydroxylation is 1. The Bertz CT molecular complexity index is 602. The first-order valence-corrected chi connectivity index (χ1v) is 7.53. The summed E-state index contributed by atoms with van der Waals surface area (Å²) >= 11 is 3.34. The summed E-state index contributed by atoms with van der Waals surface area (Å²) in [5, 5.41) is -1.26. The number of amides is 1. The SMILES string of the molecule is Cc1cc(N2CC(S(=O)(=O)F)CC2=O)ccc1Br. The van der Waals surface area contributed by atoms with Crippen molar-refractivity contribution in [3.63, 3.8) is 0 Å².